The molecule has 0 aromatic heterocycles. The summed E-state index contributed by atoms with van der Waals surface area (Å²) in [5, 5.41) is 0. The molecule has 0 atom stereocenters. The van der Waals surface area contributed by atoms with Gasteiger partial charge in [0.15, 0.2) is 0 Å². The number of rotatable bonds is 1. The third-order valence-corrected chi connectivity index (χ3v) is 2.84. The molecular formula is C13H16. The molecule has 0 radical (unpaired) electrons. The van der Waals surface area contributed by atoms with Crippen LogP contribution in [-0.2, 0) is 0 Å². The van der Waals surface area contributed by atoms with E-state index in [0.717, 1.165) is 0 Å². The summed E-state index contributed by atoms with van der Waals surface area (Å²) in [7, 11) is 0. The summed E-state index contributed by atoms with van der Waals surface area (Å²) >= 11 is 0. The molecule has 2 aliphatic carbocycles. The molecule has 0 heterocycles. The molecule has 0 fully saturated rings. The second kappa shape index (κ2) is 3.37. The smallest absolute Gasteiger partial charge is 0.00579 e. The fourth-order valence-electron chi connectivity index (χ4n) is 2.24. The predicted octanol–water partition coefficient (Wildman–Crippen LogP) is 3.93. The summed E-state index contributed by atoms with van der Waals surface area (Å²) in [4.78, 5) is 0. The van der Waals surface area contributed by atoms with Crippen molar-refractivity contribution >= 4 is 0 Å². The van der Waals surface area contributed by atoms with Crippen molar-refractivity contribution < 1.29 is 0 Å². The van der Waals surface area contributed by atoms with E-state index >= 15 is 0 Å². The molecule has 68 valence electrons. The van der Waals surface area contributed by atoms with Crippen LogP contribution in [0.5, 0.6) is 0 Å². The van der Waals surface area contributed by atoms with Crippen LogP contribution in [0.4, 0.5) is 0 Å². The van der Waals surface area contributed by atoms with Crippen LogP contribution in [0.3, 0.4) is 0 Å². The summed E-state index contributed by atoms with van der Waals surface area (Å²) < 4.78 is 0. The summed E-state index contributed by atoms with van der Waals surface area (Å²) in [5.74, 6) is 0. The van der Waals surface area contributed by atoms with Gasteiger partial charge in [-0.2, -0.15) is 0 Å². The van der Waals surface area contributed by atoms with E-state index in [0.29, 0.717) is 0 Å². The van der Waals surface area contributed by atoms with Crippen LogP contribution in [-0.4, -0.2) is 0 Å². The van der Waals surface area contributed by atoms with E-state index in [2.05, 4.69) is 38.2 Å². The average Bonchev–Trinajstić information content (AvgIpc) is 2.44. The second-order valence-electron chi connectivity index (χ2n) is 3.82. The Morgan fingerprint density at radius 1 is 1.38 bits per heavy atom. The first-order valence-corrected chi connectivity index (χ1v) is 5.04. The van der Waals surface area contributed by atoms with E-state index in [9.17, 15) is 0 Å². The average molecular weight is 172 g/mol. The molecule has 0 aromatic carbocycles. The van der Waals surface area contributed by atoms with Crippen LogP contribution in [0.15, 0.2) is 46.6 Å². The molecule has 0 amide bonds. The molecule has 13 heavy (non-hydrogen) atoms. The van der Waals surface area contributed by atoms with Crippen molar-refractivity contribution in [2.24, 2.45) is 0 Å². The maximum atomic E-state index is 2.30. The third-order valence-electron chi connectivity index (χ3n) is 2.84. The maximum Gasteiger partial charge on any atom is -0.00579 e. The zero-order valence-electron chi connectivity index (χ0n) is 8.43. The van der Waals surface area contributed by atoms with Crippen LogP contribution in [0.2, 0.25) is 0 Å². The zero-order valence-corrected chi connectivity index (χ0v) is 8.43. The summed E-state index contributed by atoms with van der Waals surface area (Å²) in [6, 6.07) is 0. The van der Waals surface area contributed by atoms with Gasteiger partial charge in [-0.1, -0.05) is 29.9 Å². The Morgan fingerprint density at radius 3 is 3.00 bits per heavy atom. The topological polar surface area (TPSA) is 0 Å². The highest BCUT2D eigenvalue weighted by atomic mass is 14.2. The number of hydrogen-bond donors (Lipinski definition) is 0. The van der Waals surface area contributed by atoms with E-state index in [1.54, 1.807) is 11.1 Å². The standard InChI is InChI=1S/C13H16/c1-3-6-12-10(2)9-11-7-4-5-8-13(11)12/h3-4,6-7H,5,8-9H2,1-2H3/b6-3-. The van der Waals surface area contributed by atoms with Gasteiger partial charge in [-0.25, -0.2) is 0 Å². The molecule has 0 saturated carbocycles. The highest BCUT2D eigenvalue weighted by Gasteiger charge is 2.19. The van der Waals surface area contributed by atoms with Crippen LogP contribution >= 0.6 is 0 Å². The second-order valence-corrected chi connectivity index (χ2v) is 3.82. The van der Waals surface area contributed by atoms with Crippen molar-refractivity contribution in [2.45, 2.75) is 33.1 Å². The minimum Gasteiger partial charge on any atom is -0.0871 e. The van der Waals surface area contributed by atoms with Gasteiger partial charge >= 0.3 is 0 Å². The van der Waals surface area contributed by atoms with Gasteiger partial charge in [0.05, 0.1) is 0 Å². The Labute approximate surface area is 80.3 Å². The Balaban J connectivity index is 2.38. The van der Waals surface area contributed by atoms with Crippen molar-refractivity contribution in [1.82, 2.24) is 0 Å². The quantitative estimate of drug-likeness (QED) is 0.562. The van der Waals surface area contributed by atoms with Crippen LogP contribution in [0, 0.1) is 0 Å². The minimum atomic E-state index is 1.17. The highest BCUT2D eigenvalue weighted by molar-refractivity contribution is 5.56. The summed E-state index contributed by atoms with van der Waals surface area (Å²) in [6.07, 6.45) is 12.6. The highest BCUT2D eigenvalue weighted by Crippen LogP contribution is 2.38. The van der Waals surface area contributed by atoms with Crippen LogP contribution in [0.1, 0.15) is 33.1 Å². The molecule has 0 aromatic rings. The first-order chi connectivity index (χ1) is 6.33. The van der Waals surface area contributed by atoms with Crippen molar-refractivity contribution in [3.05, 3.63) is 46.6 Å². The maximum absolute atomic E-state index is 2.30. The molecule has 2 aliphatic rings. The van der Waals surface area contributed by atoms with E-state index in [1.165, 1.54) is 30.4 Å². The molecule has 0 aliphatic heterocycles. The predicted molar refractivity (Wildman–Crippen MR) is 57.5 cm³/mol. The lowest BCUT2D eigenvalue weighted by Gasteiger charge is -2.09. The Kier molecular flexibility index (Phi) is 2.22. The Morgan fingerprint density at radius 2 is 2.23 bits per heavy atom. The lowest BCUT2D eigenvalue weighted by Crippen LogP contribution is -1.90. The first-order valence-electron chi connectivity index (χ1n) is 5.04. The molecule has 0 bridgehead atoms. The molecule has 0 saturated heterocycles. The molecule has 0 N–H and O–H groups in total. The number of hydrogen-bond acceptors (Lipinski definition) is 0. The third kappa shape index (κ3) is 1.41. The van der Waals surface area contributed by atoms with Crippen molar-refractivity contribution in [3.63, 3.8) is 0 Å². The summed E-state index contributed by atoms with van der Waals surface area (Å²) in [6.45, 7) is 4.35. The van der Waals surface area contributed by atoms with Crippen molar-refractivity contribution in [3.8, 4) is 0 Å². The van der Waals surface area contributed by atoms with E-state index < -0.39 is 0 Å². The van der Waals surface area contributed by atoms with Crippen LogP contribution in [0.25, 0.3) is 0 Å². The summed E-state index contributed by atoms with van der Waals surface area (Å²) in [5.41, 5.74) is 6.19. The first kappa shape index (κ1) is 8.55. The van der Waals surface area contributed by atoms with Crippen molar-refractivity contribution in [2.75, 3.05) is 0 Å². The minimum absolute atomic E-state index is 1.17. The SMILES string of the molecule is C/C=C\C1=C(C)CC2=C1CCC=C2. The van der Waals surface area contributed by atoms with Gasteiger partial charge in [0.1, 0.15) is 0 Å². The molecule has 0 spiro atoms. The van der Waals surface area contributed by atoms with Gasteiger partial charge in [-0.05, 0) is 49.8 Å². The van der Waals surface area contributed by atoms with Crippen molar-refractivity contribution in [1.29, 1.82) is 0 Å². The molecular weight excluding hydrogens is 156 g/mol. The molecule has 0 unspecified atom stereocenters. The van der Waals surface area contributed by atoms with E-state index in [-0.39, 0.29) is 0 Å². The molecule has 0 heteroatoms. The fourth-order valence-corrected chi connectivity index (χ4v) is 2.24. The largest absolute Gasteiger partial charge is 0.0871 e. The van der Waals surface area contributed by atoms with Gasteiger partial charge in [-0.3, -0.25) is 0 Å². The monoisotopic (exact) mass is 172 g/mol. The van der Waals surface area contributed by atoms with Crippen LogP contribution < -0.4 is 0 Å². The lowest BCUT2D eigenvalue weighted by molar-refractivity contribution is 0.963. The molecule has 2 rings (SSSR count). The Bertz CT molecular complexity index is 335. The van der Waals surface area contributed by atoms with E-state index in [1.807, 2.05) is 0 Å². The fraction of sp³-hybridized carbons (Fsp3) is 0.385. The van der Waals surface area contributed by atoms with Gasteiger partial charge in [0, 0.05) is 0 Å². The lowest BCUT2D eigenvalue weighted by atomic mass is 9.96. The normalized spacial score (nSPS) is 22.0. The van der Waals surface area contributed by atoms with Gasteiger partial charge in [0.2, 0.25) is 0 Å². The Hall–Kier alpha value is -1.04. The molecule has 0 nitrogen and oxygen atoms in total. The van der Waals surface area contributed by atoms with Gasteiger partial charge in [-0.15, -0.1) is 0 Å². The van der Waals surface area contributed by atoms with Gasteiger partial charge < -0.3 is 0 Å². The van der Waals surface area contributed by atoms with E-state index in [4.69, 9.17) is 0 Å². The zero-order chi connectivity index (χ0) is 9.26. The van der Waals surface area contributed by atoms with Gasteiger partial charge in [0.25, 0.3) is 0 Å². The number of allylic oxidation sites excluding steroid dienone is 8.